The van der Waals surface area contributed by atoms with Crippen LogP contribution in [0.5, 0.6) is 5.75 Å². The molecule has 136 valence electrons. The van der Waals surface area contributed by atoms with Gasteiger partial charge in [-0.05, 0) is 36.8 Å². The summed E-state index contributed by atoms with van der Waals surface area (Å²) in [4.78, 5) is 11.0. The van der Waals surface area contributed by atoms with Crippen LogP contribution in [0.25, 0.3) is 0 Å². The number of fused-ring (bicyclic) bond motifs is 1. The van der Waals surface area contributed by atoms with Crippen molar-refractivity contribution < 1.29 is 13.5 Å². The number of alkyl halides is 2. The quantitative estimate of drug-likeness (QED) is 0.828. The van der Waals surface area contributed by atoms with E-state index < -0.39 is 5.92 Å². The van der Waals surface area contributed by atoms with Crippen LogP contribution in [0.3, 0.4) is 0 Å². The van der Waals surface area contributed by atoms with Gasteiger partial charge in [-0.2, -0.15) is 0 Å². The smallest absolute Gasteiger partial charge is 0.251 e. The molecule has 0 aliphatic carbocycles. The normalized spacial score (nSPS) is 18.4. The highest BCUT2D eigenvalue weighted by Gasteiger charge is 2.34. The molecule has 0 saturated carbocycles. The van der Waals surface area contributed by atoms with E-state index in [0.29, 0.717) is 26.2 Å². The van der Waals surface area contributed by atoms with Crippen LogP contribution < -0.4 is 9.64 Å². The largest absolute Gasteiger partial charge is 0.494 e. The van der Waals surface area contributed by atoms with E-state index >= 15 is 0 Å². The third-order valence-corrected chi connectivity index (χ3v) is 4.89. The number of hydrogen-bond acceptors (Lipinski definition) is 4. The molecule has 4 rings (SSSR count). The van der Waals surface area contributed by atoms with E-state index in [0.717, 1.165) is 28.4 Å². The summed E-state index contributed by atoms with van der Waals surface area (Å²) in [7, 11) is 0. The first-order valence-electron chi connectivity index (χ1n) is 8.95. The van der Waals surface area contributed by atoms with Crippen molar-refractivity contribution in [3.8, 4) is 5.75 Å². The van der Waals surface area contributed by atoms with E-state index in [-0.39, 0.29) is 12.8 Å². The predicted octanol–water partition coefficient (Wildman–Crippen LogP) is 4.07. The molecular weight excluding hydrogens is 336 g/mol. The Morgan fingerprint density at radius 2 is 1.96 bits per heavy atom. The molecule has 4 nitrogen and oxygen atoms in total. The molecule has 1 aromatic heterocycles. The Hall–Kier alpha value is -2.50. The van der Waals surface area contributed by atoms with Gasteiger partial charge in [-0.1, -0.05) is 6.07 Å². The Labute approximate surface area is 151 Å². The maximum absolute atomic E-state index is 13.4. The summed E-state index contributed by atoms with van der Waals surface area (Å²) in [5, 5.41) is 0. The molecule has 2 aromatic rings. The van der Waals surface area contributed by atoms with Crippen LogP contribution in [0, 0.1) is 0 Å². The molecule has 0 amide bonds. The van der Waals surface area contributed by atoms with E-state index in [1.807, 2.05) is 42.2 Å². The van der Waals surface area contributed by atoms with Gasteiger partial charge in [-0.25, -0.2) is 13.8 Å². The highest BCUT2D eigenvalue weighted by Crippen LogP contribution is 2.31. The number of pyridine rings is 1. The molecule has 3 heterocycles. The van der Waals surface area contributed by atoms with Gasteiger partial charge < -0.3 is 9.64 Å². The summed E-state index contributed by atoms with van der Waals surface area (Å²) in [5.74, 6) is -0.998. The van der Waals surface area contributed by atoms with E-state index in [4.69, 9.17) is 4.74 Å². The molecule has 0 N–H and O–H groups in total. The SMILES string of the molecule is CCOc1ccc2c(c1)C(c1ccnc(N3CCC(F)(F)CC3)c1)=NC2. The molecule has 0 bridgehead atoms. The van der Waals surface area contributed by atoms with Crippen molar-refractivity contribution in [3.63, 3.8) is 0 Å². The first kappa shape index (κ1) is 16.9. The number of piperidine rings is 1. The second-order valence-corrected chi connectivity index (χ2v) is 6.66. The van der Waals surface area contributed by atoms with E-state index in [1.165, 1.54) is 5.56 Å². The highest BCUT2D eigenvalue weighted by molar-refractivity contribution is 6.15. The fraction of sp³-hybridized carbons (Fsp3) is 0.400. The lowest BCUT2D eigenvalue weighted by molar-refractivity contribution is -0.0221. The molecule has 1 saturated heterocycles. The van der Waals surface area contributed by atoms with E-state index in [9.17, 15) is 8.78 Å². The number of aromatic nitrogens is 1. The zero-order valence-corrected chi connectivity index (χ0v) is 14.7. The Bertz CT molecular complexity index is 841. The van der Waals surface area contributed by atoms with Crippen LogP contribution in [-0.4, -0.2) is 36.3 Å². The number of anilines is 1. The predicted molar refractivity (Wildman–Crippen MR) is 97.6 cm³/mol. The topological polar surface area (TPSA) is 37.7 Å². The minimum atomic E-state index is -2.56. The maximum atomic E-state index is 13.4. The number of aliphatic imine (C=N–C) groups is 1. The van der Waals surface area contributed by atoms with Crippen molar-refractivity contribution in [3.05, 3.63) is 53.2 Å². The lowest BCUT2D eigenvalue weighted by Crippen LogP contribution is -2.39. The molecule has 2 aliphatic heterocycles. The molecule has 0 radical (unpaired) electrons. The summed E-state index contributed by atoms with van der Waals surface area (Å²) in [6, 6.07) is 9.90. The van der Waals surface area contributed by atoms with Gasteiger partial charge in [-0.15, -0.1) is 0 Å². The summed E-state index contributed by atoms with van der Waals surface area (Å²) in [6.07, 6.45) is 1.48. The van der Waals surface area contributed by atoms with Crippen LogP contribution in [0.15, 0.2) is 41.5 Å². The summed E-state index contributed by atoms with van der Waals surface area (Å²) in [5.41, 5.74) is 4.10. The molecule has 26 heavy (non-hydrogen) atoms. The summed E-state index contributed by atoms with van der Waals surface area (Å²) >= 11 is 0. The minimum Gasteiger partial charge on any atom is -0.494 e. The lowest BCUT2D eigenvalue weighted by Gasteiger charge is -2.32. The van der Waals surface area contributed by atoms with Crippen LogP contribution >= 0.6 is 0 Å². The average molecular weight is 357 g/mol. The summed E-state index contributed by atoms with van der Waals surface area (Å²) in [6.45, 7) is 3.86. The third kappa shape index (κ3) is 3.28. The van der Waals surface area contributed by atoms with Crippen molar-refractivity contribution in [1.29, 1.82) is 0 Å². The number of ether oxygens (including phenoxy) is 1. The number of benzene rings is 1. The average Bonchev–Trinajstić information content (AvgIpc) is 3.05. The van der Waals surface area contributed by atoms with Gasteiger partial charge in [0.2, 0.25) is 0 Å². The first-order chi connectivity index (χ1) is 12.6. The van der Waals surface area contributed by atoms with Gasteiger partial charge in [0.25, 0.3) is 5.92 Å². The van der Waals surface area contributed by atoms with Gasteiger partial charge in [-0.3, -0.25) is 4.99 Å². The molecule has 0 atom stereocenters. The van der Waals surface area contributed by atoms with Crippen molar-refractivity contribution in [2.45, 2.75) is 32.2 Å². The minimum absolute atomic E-state index is 0.125. The summed E-state index contributed by atoms with van der Waals surface area (Å²) < 4.78 is 32.4. The molecule has 2 aliphatic rings. The monoisotopic (exact) mass is 357 g/mol. The van der Waals surface area contributed by atoms with Crippen LogP contribution in [0.4, 0.5) is 14.6 Å². The van der Waals surface area contributed by atoms with E-state index in [2.05, 4.69) is 9.98 Å². The van der Waals surface area contributed by atoms with Crippen molar-refractivity contribution >= 4 is 11.5 Å². The third-order valence-electron chi connectivity index (χ3n) is 4.89. The Balaban J connectivity index is 1.60. The fourth-order valence-electron chi connectivity index (χ4n) is 3.47. The number of nitrogens with zero attached hydrogens (tertiary/aromatic N) is 3. The maximum Gasteiger partial charge on any atom is 0.251 e. The second-order valence-electron chi connectivity index (χ2n) is 6.66. The zero-order chi connectivity index (χ0) is 18.1. The standard InChI is InChI=1S/C20H21F2N3O/c1-2-26-16-4-3-15-13-24-19(17(15)12-16)14-5-8-23-18(11-14)25-9-6-20(21,22)7-10-25/h3-5,8,11-12H,2,6-7,9-10,13H2,1H3. The van der Waals surface area contributed by atoms with Crippen LogP contribution in [0.1, 0.15) is 36.5 Å². The van der Waals surface area contributed by atoms with Crippen LogP contribution in [0.2, 0.25) is 0 Å². The Morgan fingerprint density at radius 3 is 2.73 bits per heavy atom. The van der Waals surface area contributed by atoms with Gasteiger partial charge in [0.15, 0.2) is 0 Å². The molecule has 1 fully saturated rings. The first-order valence-corrected chi connectivity index (χ1v) is 8.95. The number of halogens is 2. The van der Waals surface area contributed by atoms with Gasteiger partial charge in [0.05, 0.1) is 18.9 Å². The van der Waals surface area contributed by atoms with Crippen molar-refractivity contribution in [2.75, 3.05) is 24.6 Å². The Kier molecular flexibility index (Phi) is 4.34. The number of hydrogen-bond donors (Lipinski definition) is 0. The van der Waals surface area contributed by atoms with E-state index in [1.54, 1.807) is 6.20 Å². The zero-order valence-electron chi connectivity index (χ0n) is 14.7. The Morgan fingerprint density at radius 1 is 1.15 bits per heavy atom. The van der Waals surface area contributed by atoms with Crippen molar-refractivity contribution in [1.82, 2.24) is 4.98 Å². The molecular formula is C20H21F2N3O. The second kappa shape index (κ2) is 6.67. The van der Waals surface area contributed by atoms with Gasteiger partial charge in [0, 0.05) is 43.3 Å². The molecule has 0 unspecified atom stereocenters. The lowest BCUT2D eigenvalue weighted by atomic mass is 10.00. The van der Waals surface area contributed by atoms with Crippen molar-refractivity contribution in [2.24, 2.45) is 4.99 Å². The molecule has 0 spiro atoms. The van der Waals surface area contributed by atoms with Crippen LogP contribution in [-0.2, 0) is 6.54 Å². The highest BCUT2D eigenvalue weighted by atomic mass is 19.3. The van der Waals surface area contributed by atoms with Gasteiger partial charge in [0.1, 0.15) is 11.6 Å². The fourth-order valence-corrected chi connectivity index (χ4v) is 3.47. The molecule has 6 heteroatoms. The number of rotatable bonds is 4. The molecule has 1 aromatic carbocycles. The van der Waals surface area contributed by atoms with Gasteiger partial charge >= 0.3 is 0 Å².